The SMILES string of the molecule is O=C(NCC1(c2ccc(Cl)cc2)CC1)c1cccc(-c2noc(C(F)(F)F)n2)c1. The van der Waals surface area contributed by atoms with E-state index in [-0.39, 0.29) is 22.7 Å². The molecule has 150 valence electrons. The highest BCUT2D eigenvalue weighted by Gasteiger charge is 2.44. The number of carbonyl (C=O) groups excluding carboxylic acids is 1. The molecular formula is C20H15ClF3N3O2. The van der Waals surface area contributed by atoms with Crippen molar-refractivity contribution in [1.82, 2.24) is 15.5 Å². The predicted molar refractivity (Wildman–Crippen MR) is 99.4 cm³/mol. The van der Waals surface area contributed by atoms with E-state index in [0.717, 1.165) is 18.4 Å². The Bertz CT molecular complexity index is 1040. The van der Waals surface area contributed by atoms with Crippen LogP contribution in [0.1, 0.15) is 34.7 Å². The normalized spacial score (nSPS) is 15.2. The summed E-state index contributed by atoms with van der Waals surface area (Å²) in [6, 6.07) is 13.6. The lowest BCUT2D eigenvalue weighted by Crippen LogP contribution is -2.32. The van der Waals surface area contributed by atoms with Crippen LogP contribution >= 0.6 is 11.6 Å². The van der Waals surface area contributed by atoms with E-state index in [9.17, 15) is 18.0 Å². The van der Waals surface area contributed by atoms with Gasteiger partial charge in [-0.3, -0.25) is 4.79 Å². The summed E-state index contributed by atoms with van der Waals surface area (Å²) in [5.41, 5.74) is 1.57. The van der Waals surface area contributed by atoms with Crippen molar-refractivity contribution in [3.05, 3.63) is 70.6 Å². The molecule has 0 unspecified atom stereocenters. The van der Waals surface area contributed by atoms with E-state index in [1.165, 1.54) is 12.1 Å². The Balaban J connectivity index is 1.46. The number of nitrogens with one attached hydrogen (secondary N) is 1. The highest BCUT2D eigenvalue weighted by Crippen LogP contribution is 2.47. The molecule has 1 N–H and O–H groups in total. The second kappa shape index (κ2) is 7.18. The van der Waals surface area contributed by atoms with Gasteiger partial charge in [-0.05, 0) is 42.7 Å². The Labute approximate surface area is 168 Å². The minimum Gasteiger partial charge on any atom is -0.351 e. The molecule has 0 saturated heterocycles. The maximum absolute atomic E-state index is 12.6. The van der Waals surface area contributed by atoms with Crippen molar-refractivity contribution in [3.8, 4) is 11.4 Å². The van der Waals surface area contributed by atoms with Crippen molar-refractivity contribution in [3.63, 3.8) is 0 Å². The molecule has 1 aliphatic carbocycles. The van der Waals surface area contributed by atoms with Gasteiger partial charge in [-0.25, -0.2) is 0 Å². The van der Waals surface area contributed by atoms with Crippen molar-refractivity contribution in [1.29, 1.82) is 0 Å². The quantitative estimate of drug-likeness (QED) is 0.638. The zero-order chi connectivity index (χ0) is 20.6. The van der Waals surface area contributed by atoms with Crippen molar-refractivity contribution < 1.29 is 22.5 Å². The molecule has 29 heavy (non-hydrogen) atoms. The zero-order valence-electron chi connectivity index (χ0n) is 15.0. The fourth-order valence-corrected chi connectivity index (χ4v) is 3.25. The van der Waals surface area contributed by atoms with Crippen molar-refractivity contribution >= 4 is 17.5 Å². The fraction of sp³-hybridized carbons (Fsp3) is 0.250. The van der Waals surface area contributed by atoms with Crippen LogP contribution in [0.2, 0.25) is 5.02 Å². The summed E-state index contributed by atoms with van der Waals surface area (Å²) in [5, 5.41) is 6.91. The third-order valence-electron chi connectivity index (χ3n) is 4.95. The average Bonchev–Trinajstić information content (AvgIpc) is 3.31. The van der Waals surface area contributed by atoms with E-state index in [1.54, 1.807) is 12.1 Å². The first-order valence-electron chi connectivity index (χ1n) is 8.82. The number of alkyl halides is 3. The summed E-state index contributed by atoms with van der Waals surface area (Å²) >= 11 is 5.93. The minimum atomic E-state index is -4.72. The second-order valence-electron chi connectivity index (χ2n) is 6.97. The van der Waals surface area contributed by atoms with E-state index in [1.807, 2.05) is 24.3 Å². The van der Waals surface area contributed by atoms with Crippen LogP contribution in [-0.4, -0.2) is 22.6 Å². The Morgan fingerprint density at radius 2 is 1.90 bits per heavy atom. The summed E-state index contributed by atoms with van der Waals surface area (Å²) in [5.74, 6) is -1.99. The van der Waals surface area contributed by atoms with Gasteiger partial charge in [-0.1, -0.05) is 41.0 Å². The highest BCUT2D eigenvalue weighted by atomic mass is 35.5. The van der Waals surface area contributed by atoms with E-state index in [0.29, 0.717) is 17.1 Å². The molecule has 1 heterocycles. The number of rotatable bonds is 5. The van der Waals surface area contributed by atoms with Crippen LogP contribution in [0.4, 0.5) is 13.2 Å². The molecular weight excluding hydrogens is 407 g/mol. The molecule has 9 heteroatoms. The van der Waals surface area contributed by atoms with Crippen LogP contribution in [-0.2, 0) is 11.6 Å². The number of hydrogen-bond donors (Lipinski definition) is 1. The van der Waals surface area contributed by atoms with Crippen molar-refractivity contribution in [2.75, 3.05) is 6.54 Å². The number of hydrogen-bond acceptors (Lipinski definition) is 4. The molecule has 1 saturated carbocycles. The molecule has 4 rings (SSSR count). The first-order chi connectivity index (χ1) is 13.8. The number of benzene rings is 2. The van der Waals surface area contributed by atoms with Crippen LogP contribution in [0.15, 0.2) is 53.1 Å². The third-order valence-corrected chi connectivity index (χ3v) is 5.20. The number of amides is 1. The molecule has 0 radical (unpaired) electrons. The maximum atomic E-state index is 12.6. The Kier molecular flexibility index (Phi) is 4.82. The Morgan fingerprint density at radius 3 is 2.52 bits per heavy atom. The highest BCUT2D eigenvalue weighted by molar-refractivity contribution is 6.30. The average molecular weight is 422 g/mol. The number of aromatic nitrogens is 2. The first-order valence-corrected chi connectivity index (χ1v) is 9.20. The van der Waals surface area contributed by atoms with E-state index < -0.39 is 12.1 Å². The van der Waals surface area contributed by atoms with Gasteiger partial charge in [0.1, 0.15) is 0 Å². The van der Waals surface area contributed by atoms with Gasteiger partial charge in [0.15, 0.2) is 0 Å². The number of halogens is 4. The van der Waals surface area contributed by atoms with Gasteiger partial charge < -0.3 is 9.84 Å². The van der Waals surface area contributed by atoms with Crippen LogP contribution < -0.4 is 5.32 Å². The van der Waals surface area contributed by atoms with Gasteiger partial charge in [-0.15, -0.1) is 0 Å². The van der Waals surface area contributed by atoms with Crippen molar-refractivity contribution in [2.45, 2.75) is 24.4 Å². The lowest BCUT2D eigenvalue weighted by molar-refractivity contribution is -0.159. The van der Waals surface area contributed by atoms with E-state index in [2.05, 4.69) is 20.0 Å². The molecule has 1 aromatic heterocycles. The Morgan fingerprint density at radius 1 is 1.17 bits per heavy atom. The molecule has 1 fully saturated rings. The third kappa shape index (κ3) is 4.12. The Hall–Kier alpha value is -2.87. The lowest BCUT2D eigenvalue weighted by Gasteiger charge is -2.17. The van der Waals surface area contributed by atoms with Crippen LogP contribution in [0.25, 0.3) is 11.4 Å². The summed E-state index contributed by atoms with van der Waals surface area (Å²) in [6.07, 6.45) is -2.81. The molecule has 3 aromatic rings. The van der Waals surface area contributed by atoms with Gasteiger partial charge in [0, 0.05) is 28.1 Å². The molecule has 0 bridgehead atoms. The monoisotopic (exact) mass is 421 g/mol. The second-order valence-corrected chi connectivity index (χ2v) is 7.41. The van der Waals surface area contributed by atoms with Gasteiger partial charge in [0.05, 0.1) is 0 Å². The molecule has 2 aromatic carbocycles. The zero-order valence-corrected chi connectivity index (χ0v) is 15.7. The number of nitrogens with zero attached hydrogens (tertiary/aromatic N) is 2. The van der Waals surface area contributed by atoms with Gasteiger partial charge in [-0.2, -0.15) is 18.2 Å². The summed E-state index contributed by atoms with van der Waals surface area (Å²) in [4.78, 5) is 15.9. The maximum Gasteiger partial charge on any atom is 0.471 e. The first kappa shape index (κ1) is 19.4. The standard InChI is InChI=1S/C20H15ClF3N3O2/c21-15-6-4-14(5-7-15)19(8-9-19)11-25-17(28)13-3-1-2-12(10-13)16-26-18(29-27-16)20(22,23)24/h1-7,10H,8-9,11H2,(H,25,28). The van der Waals surface area contributed by atoms with Crippen LogP contribution in [0.5, 0.6) is 0 Å². The minimum absolute atomic E-state index is 0.104. The van der Waals surface area contributed by atoms with E-state index in [4.69, 9.17) is 11.6 Å². The smallest absolute Gasteiger partial charge is 0.351 e. The van der Waals surface area contributed by atoms with Gasteiger partial charge in [0.2, 0.25) is 5.82 Å². The van der Waals surface area contributed by atoms with Gasteiger partial charge >= 0.3 is 12.1 Å². The van der Waals surface area contributed by atoms with Crippen LogP contribution in [0, 0.1) is 0 Å². The molecule has 0 spiro atoms. The molecule has 1 amide bonds. The fourth-order valence-electron chi connectivity index (χ4n) is 3.13. The summed E-state index contributed by atoms with van der Waals surface area (Å²) < 4.78 is 42.2. The molecule has 1 aliphatic rings. The van der Waals surface area contributed by atoms with Gasteiger partial charge in [0.25, 0.3) is 5.91 Å². The number of carbonyl (C=O) groups is 1. The molecule has 0 atom stereocenters. The van der Waals surface area contributed by atoms with Crippen molar-refractivity contribution in [2.24, 2.45) is 0 Å². The molecule has 0 aliphatic heterocycles. The topological polar surface area (TPSA) is 68.0 Å². The predicted octanol–water partition coefficient (Wildman–Crippen LogP) is 4.87. The summed E-state index contributed by atoms with van der Waals surface area (Å²) in [7, 11) is 0. The van der Waals surface area contributed by atoms with E-state index >= 15 is 0 Å². The molecule has 5 nitrogen and oxygen atoms in total. The lowest BCUT2D eigenvalue weighted by atomic mass is 9.96. The largest absolute Gasteiger partial charge is 0.471 e. The van der Waals surface area contributed by atoms with Crippen LogP contribution in [0.3, 0.4) is 0 Å². The summed E-state index contributed by atoms with van der Waals surface area (Å²) in [6.45, 7) is 0.456.